The number of nitrogens with two attached hydrogens (primary N) is 2. The molecule has 5 unspecified atom stereocenters. The molecule has 3 aliphatic heterocycles. The Morgan fingerprint density at radius 1 is 1.00 bits per heavy atom. The van der Waals surface area contributed by atoms with E-state index in [1.54, 1.807) is 0 Å². The summed E-state index contributed by atoms with van der Waals surface area (Å²) in [6.45, 7) is -6.11. The van der Waals surface area contributed by atoms with Gasteiger partial charge in [0.1, 0.15) is 36.7 Å². The molecule has 44 heavy (non-hydrogen) atoms. The van der Waals surface area contributed by atoms with E-state index in [0.29, 0.717) is 0 Å². The number of hydrogen-bond donors (Lipinski definition) is 4. The highest BCUT2D eigenvalue weighted by Gasteiger charge is 2.52. The van der Waals surface area contributed by atoms with E-state index in [0.717, 1.165) is 12.7 Å². The molecule has 3 aliphatic rings. The SMILES string of the molecule is Nc1ncnc2c1ncn2C1=C2OP([O-])(=S)OC[C@H]3O[C@@H](n4cnc5c(N)ncnc54)C(F)C3OP(=O)(O)OC[C@@H](O1)C2O. The van der Waals surface area contributed by atoms with Crippen LogP contribution >= 0.6 is 14.5 Å². The Bertz CT molecular complexity index is 1910. The third kappa shape index (κ3) is 4.98. The molecule has 2 fully saturated rings. The zero-order valence-electron chi connectivity index (χ0n) is 21.8. The Balaban J connectivity index is 1.23. The fraction of sp³-hybridized carbons (Fsp3) is 0.400. The van der Waals surface area contributed by atoms with Crippen molar-refractivity contribution in [1.82, 2.24) is 39.0 Å². The van der Waals surface area contributed by atoms with Gasteiger partial charge in [0.15, 0.2) is 65.5 Å². The number of fused-ring (bicyclic) bond motifs is 5. The minimum Gasteiger partial charge on any atom is -0.770 e. The van der Waals surface area contributed by atoms with Gasteiger partial charge in [0, 0.05) is 0 Å². The molecule has 0 saturated carbocycles. The van der Waals surface area contributed by atoms with Gasteiger partial charge in [-0.1, -0.05) is 0 Å². The summed E-state index contributed by atoms with van der Waals surface area (Å²) < 4.78 is 63.9. The number of hydrogen-bond acceptors (Lipinski definition) is 18. The van der Waals surface area contributed by atoms with Crippen LogP contribution in [0.5, 0.6) is 0 Å². The molecular formula is C20H20FN10O10P2S-. The molecule has 234 valence electrons. The van der Waals surface area contributed by atoms with Gasteiger partial charge in [-0.3, -0.25) is 13.6 Å². The normalized spacial score (nSPS) is 34.6. The zero-order chi connectivity index (χ0) is 31.0. The number of phosphoric ester groups is 1. The highest BCUT2D eigenvalue weighted by molar-refractivity contribution is 8.06. The van der Waals surface area contributed by atoms with Gasteiger partial charge in [-0.2, -0.15) is 0 Å². The van der Waals surface area contributed by atoms with Crippen LogP contribution in [0.25, 0.3) is 28.2 Å². The Morgan fingerprint density at radius 3 is 2.41 bits per heavy atom. The molecule has 20 nitrogen and oxygen atoms in total. The van der Waals surface area contributed by atoms with Gasteiger partial charge in [-0.15, -0.1) is 0 Å². The van der Waals surface area contributed by atoms with E-state index < -0.39 is 70.3 Å². The standard InChI is InChI=1S/C20H21FN10O10P2S/c21-9-13-8(39-19(9)30-5-28-10-15(22)24-3-26-17(10)30)2-37-43(35,44)41-14-12(32)7(1-36-42(33,34)40-13)38-20(14)31-6-29-11-16(23)25-4-27-18(11)31/h3-9,12-13,19,32H,1-2H2,(H,33,34)(H,35,44)(H2,22,24,26)(H2,23,25,27)/p-1/t7-,8-,9?,12?,13?,19-,43?/m1/s1. The molecule has 8 atom stereocenters. The third-order valence-corrected chi connectivity index (χ3v) is 9.28. The van der Waals surface area contributed by atoms with Crippen molar-refractivity contribution in [2.75, 3.05) is 24.7 Å². The van der Waals surface area contributed by atoms with Gasteiger partial charge in [0.05, 0.1) is 19.5 Å². The summed E-state index contributed by atoms with van der Waals surface area (Å²) in [6, 6.07) is 0. The van der Waals surface area contributed by atoms with Crippen LogP contribution in [0.15, 0.2) is 31.1 Å². The van der Waals surface area contributed by atoms with Crippen molar-refractivity contribution in [3.8, 4) is 0 Å². The monoisotopic (exact) mass is 673 g/mol. The number of aliphatic hydroxyl groups is 1. The molecule has 0 aromatic carbocycles. The number of phosphoric acid groups is 1. The van der Waals surface area contributed by atoms with Crippen LogP contribution in [0.2, 0.25) is 0 Å². The Labute approximate surface area is 249 Å². The minimum atomic E-state index is -5.08. The Morgan fingerprint density at radius 2 is 1.66 bits per heavy atom. The number of aromatic nitrogens is 8. The summed E-state index contributed by atoms with van der Waals surface area (Å²) >= 11 is 5.06. The summed E-state index contributed by atoms with van der Waals surface area (Å²) in [5, 5.41) is 11.0. The van der Waals surface area contributed by atoms with Crippen molar-refractivity contribution in [3.05, 3.63) is 31.1 Å². The molecule has 0 radical (unpaired) electrons. The maximum Gasteiger partial charge on any atom is 0.472 e. The quantitative estimate of drug-likeness (QED) is 0.187. The lowest BCUT2D eigenvalue weighted by molar-refractivity contribution is -0.207. The van der Waals surface area contributed by atoms with Crippen molar-refractivity contribution in [3.63, 3.8) is 0 Å². The van der Waals surface area contributed by atoms with Gasteiger partial charge in [0.25, 0.3) is 0 Å². The number of nitrogen functional groups attached to an aromatic ring is 2. The third-order valence-electron chi connectivity index (χ3n) is 6.87. The van der Waals surface area contributed by atoms with Crippen LogP contribution in [-0.2, 0) is 43.9 Å². The fourth-order valence-electron chi connectivity index (χ4n) is 4.85. The van der Waals surface area contributed by atoms with Crippen LogP contribution in [-0.4, -0.2) is 92.8 Å². The van der Waals surface area contributed by atoms with Gasteiger partial charge < -0.3 is 44.9 Å². The van der Waals surface area contributed by atoms with Crippen LogP contribution < -0.4 is 16.4 Å². The lowest BCUT2D eigenvalue weighted by Crippen LogP contribution is -2.34. The Kier molecular flexibility index (Phi) is 7.05. The number of halogens is 1. The Hall–Kier alpha value is -3.43. The topological polar surface area (TPSA) is 275 Å². The number of nitrogens with zero attached hydrogens (tertiary/aromatic N) is 8. The summed E-state index contributed by atoms with van der Waals surface area (Å²) in [5.41, 5.74) is 12.2. The summed E-state index contributed by atoms with van der Waals surface area (Å²) in [6.07, 6.45) is -5.49. The average molecular weight is 673 g/mol. The number of alkyl halides is 1. The molecule has 0 spiro atoms. The lowest BCUT2D eigenvalue weighted by atomic mass is 10.1. The fourth-order valence-corrected chi connectivity index (χ4v) is 7.04. The van der Waals surface area contributed by atoms with Gasteiger partial charge in [-0.05, 0) is 11.8 Å². The zero-order valence-corrected chi connectivity index (χ0v) is 24.4. The van der Waals surface area contributed by atoms with Gasteiger partial charge in [0.2, 0.25) is 5.88 Å². The maximum absolute atomic E-state index is 15.9. The maximum atomic E-state index is 15.9. The summed E-state index contributed by atoms with van der Waals surface area (Å²) in [7, 11) is -5.08. The predicted molar refractivity (Wildman–Crippen MR) is 144 cm³/mol. The van der Waals surface area contributed by atoms with E-state index >= 15 is 4.39 Å². The molecule has 7 rings (SSSR count). The first kappa shape index (κ1) is 29.3. The van der Waals surface area contributed by atoms with Gasteiger partial charge in [-0.25, -0.2) is 43.4 Å². The van der Waals surface area contributed by atoms with Crippen molar-refractivity contribution in [2.45, 2.75) is 36.8 Å². The molecule has 0 amide bonds. The molecule has 4 aromatic rings. The van der Waals surface area contributed by atoms with Crippen LogP contribution in [0.1, 0.15) is 6.23 Å². The first-order valence-electron chi connectivity index (χ1n) is 12.5. The van der Waals surface area contributed by atoms with E-state index in [-0.39, 0.29) is 39.8 Å². The second-order valence-electron chi connectivity index (χ2n) is 9.58. The molecule has 7 heterocycles. The number of anilines is 2. The van der Waals surface area contributed by atoms with Crippen molar-refractivity contribution in [2.24, 2.45) is 0 Å². The predicted octanol–water partition coefficient (Wildman–Crippen LogP) is -0.914. The van der Waals surface area contributed by atoms with E-state index in [1.807, 2.05) is 0 Å². The second kappa shape index (κ2) is 10.6. The lowest BCUT2D eigenvalue weighted by Gasteiger charge is -2.30. The van der Waals surface area contributed by atoms with E-state index in [1.165, 1.54) is 21.8 Å². The number of rotatable bonds is 2. The van der Waals surface area contributed by atoms with Gasteiger partial charge >= 0.3 is 7.82 Å². The largest absolute Gasteiger partial charge is 0.770 e. The molecule has 4 aromatic heterocycles. The number of aliphatic hydroxyl groups excluding tert-OH is 1. The van der Waals surface area contributed by atoms with Crippen molar-refractivity contribution >= 4 is 66.2 Å². The summed E-state index contributed by atoms with van der Waals surface area (Å²) in [5.74, 6) is -0.732. The van der Waals surface area contributed by atoms with Crippen molar-refractivity contribution in [1.29, 1.82) is 0 Å². The smallest absolute Gasteiger partial charge is 0.472 e. The second-order valence-corrected chi connectivity index (χ2v) is 13.7. The highest BCUT2D eigenvalue weighted by atomic mass is 32.5. The number of imidazole rings is 2. The highest BCUT2D eigenvalue weighted by Crippen LogP contribution is 2.53. The first-order valence-corrected chi connectivity index (χ1v) is 16.5. The number of ether oxygens (including phenoxy) is 2. The van der Waals surface area contributed by atoms with E-state index in [4.69, 9.17) is 50.8 Å². The molecule has 2 bridgehead atoms. The van der Waals surface area contributed by atoms with Crippen molar-refractivity contribution < 1.29 is 51.4 Å². The minimum absolute atomic E-state index is 0.0223. The van der Waals surface area contributed by atoms with Crippen LogP contribution in [0, 0.1) is 0 Å². The molecular weight excluding hydrogens is 653 g/mol. The summed E-state index contributed by atoms with van der Waals surface area (Å²) in [4.78, 5) is 47.9. The van der Waals surface area contributed by atoms with E-state index in [2.05, 4.69) is 29.9 Å². The molecule has 2 saturated heterocycles. The van der Waals surface area contributed by atoms with Crippen LogP contribution in [0.4, 0.5) is 16.0 Å². The molecule has 24 heteroatoms. The van der Waals surface area contributed by atoms with E-state index in [9.17, 15) is 19.5 Å². The first-order chi connectivity index (χ1) is 20.9. The molecule has 6 N–H and O–H groups in total. The van der Waals surface area contributed by atoms with Crippen LogP contribution in [0.3, 0.4) is 0 Å². The average Bonchev–Trinajstić information content (AvgIpc) is 3.73. The molecule has 0 aliphatic carbocycles.